The topological polar surface area (TPSA) is 29.5 Å². The van der Waals surface area contributed by atoms with Crippen molar-refractivity contribution in [1.82, 2.24) is 4.90 Å². The van der Waals surface area contributed by atoms with E-state index in [1.165, 1.54) is 6.61 Å². The van der Waals surface area contributed by atoms with Gasteiger partial charge in [0, 0.05) is 12.1 Å². The molecule has 16 heavy (non-hydrogen) atoms. The van der Waals surface area contributed by atoms with Gasteiger partial charge in [0.2, 0.25) is 0 Å². The monoisotopic (exact) mass is 219 g/mol. The molecule has 0 aromatic rings. The van der Waals surface area contributed by atoms with Crippen molar-refractivity contribution in [3.63, 3.8) is 0 Å². The minimum absolute atomic E-state index is 0. The Morgan fingerprint density at radius 3 is 1.94 bits per heavy atom. The van der Waals surface area contributed by atoms with Crippen molar-refractivity contribution in [3.05, 3.63) is 18.3 Å². The maximum atomic E-state index is 11.7. The van der Waals surface area contributed by atoms with Crippen LogP contribution in [0.25, 0.3) is 0 Å². The Kier molecular flexibility index (Phi) is 9.61. The van der Waals surface area contributed by atoms with E-state index in [1.807, 2.05) is 41.5 Å². The van der Waals surface area contributed by atoms with E-state index in [4.69, 9.17) is 4.74 Å². The van der Waals surface area contributed by atoms with E-state index >= 15 is 0 Å². The average Bonchev–Trinajstić information content (AvgIpc) is 2.01. The number of hydrogen-bond donors (Lipinski definition) is 0. The minimum atomic E-state index is -0.294. The fourth-order valence-electron chi connectivity index (χ4n) is 1.31. The van der Waals surface area contributed by atoms with E-state index in [-0.39, 0.29) is 37.0 Å². The van der Waals surface area contributed by atoms with Crippen LogP contribution in [0.5, 0.6) is 0 Å². The van der Waals surface area contributed by atoms with Crippen LogP contribution in [0.2, 0.25) is 0 Å². The molecule has 4 heteroatoms. The first-order chi connectivity index (χ1) is 6.86. The molecule has 3 nitrogen and oxygen atoms in total. The van der Waals surface area contributed by atoms with E-state index in [0.717, 1.165) is 5.57 Å². The number of amides is 1. The first kappa shape index (κ1) is 17.9. The predicted molar refractivity (Wildman–Crippen MR) is 62.3 cm³/mol. The molecule has 0 aliphatic rings. The zero-order valence-electron chi connectivity index (χ0n) is 11.6. The molecule has 1 amide bonds. The van der Waals surface area contributed by atoms with E-state index < -0.39 is 0 Å². The molecule has 0 N–H and O–H groups in total. The molecule has 0 saturated carbocycles. The van der Waals surface area contributed by atoms with Gasteiger partial charge in [-0.25, -0.2) is 10.4 Å². The second-order valence-electron chi connectivity index (χ2n) is 4.36. The Bertz CT molecular complexity index is 225. The first-order valence-corrected chi connectivity index (χ1v) is 5.32. The normalized spacial score (nSPS) is 9.50. The molecule has 0 bridgehead atoms. The van der Waals surface area contributed by atoms with Gasteiger partial charge < -0.3 is 9.64 Å². The fraction of sp³-hybridized carbons (Fsp3) is 0.667. The van der Waals surface area contributed by atoms with E-state index in [2.05, 4.69) is 0 Å². The average molecular weight is 219 g/mol. The summed E-state index contributed by atoms with van der Waals surface area (Å²) in [5.41, 5.74) is 1.10. The van der Waals surface area contributed by atoms with E-state index in [0.29, 0.717) is 0 Å². The molecule has 0 spiro atoms. The first-order valence-electron chi connectivity index (χ1n) is 5.32. The van der Waals surface area contributed by atoms with Gasteiger partial charge in [-0.1, -0.05) is 6.61 Å². The molecule has 0 unspecified atom stereocenters. The molecule has 0 heterocycles. The smallest absolute Gasteiger partial charge is 0.511 e. The number of ether oxygens (including phenoxy) is 1. The fourth-order valence-corrected chi connectivity index (χ4v) is 1.31. The van der Waals surface area contributed by atoms with Crippen LogP contribution < -0.4 is 18.9 Å². The SMILES string of the molecule is CC(C)=C[CH-]OC(=O)N(C(C)C)C(C)C.[Li+]. The molecular formula is C12H22LiNO2. The van der Waals surface area contributed by atoms with Crippen LogP contribution in [0, 0.1) is 6.61 Å². The van der Waals surface area contributed by atoms with Crippen molar-refractivity contribution >= 4 is 6.09 Å². The van der Waals surface area contributed by atoms with Gasteiger partial charge in [-0.2, -0.15) is 6.08 Å². The molecular weight excluding hydrogens is 197 g/mol. The van der Waals surface area contributed by atoms with Crippen LogP contribution in [0.4, 0.5) is 4.79 Å². The van der Waals surface area contributed by atoms with Gasteiger partial charge in [-0.05, 0) is 27.7 Å². The summed E-state index contributed by atoms with van der Waals surface area (Å²) in [6.07, 6.45) is 1.48. The van der Waals surface area contributed by atoms with Gasteiger partial charge in [-0.3, -0.25) is 0 Å². The van der Waals surface area contributed by atoms with Gasteiger partial charge in [-0.15, -0.1) is 13.8 Å². The maximum Gasteiger partial charge on any atom is 1.00 e. The predicted octanol–water partition coefficient (Wildman–Crippen LogP) is 0.374. The summed E-state index contributed by atoms with van der Waals surface area (Å²) in [6, 6.07) is 0.301. The molecule has 0 fully saturated rings. The molecule has 0 rings (SSSR count). The van der Waals surface area contributed by atoms with Crippen LogP contribution >= 0.6 is 0 Å². The molecule has 88 valence electrons. The Labute approximate surface area is 111 Å². The molecule has 0 aliphatic carbocycles. The maximum absolute atomic E-state index is 11.7. The van der Waals surface area contributed by atoms with E-state index in [1.54, 1.807) is 11.0 Å². The molecule has 0 saturated heterocycles. The van der Waals surface area contributed by atoms with E-state index in [9.17, 15) is 4.79 Å². The summed E-state index contributed by atoms with van der Waals surface area (Å²) in [6.45, 7) is 13.2. The summed E-state index contributed by atoms with van der Waals surface area (Å²) >= 11 is 0. The van der Waals surface area contributed by atoms with Crippen molar-refractivity contribution in [2.75, 3.05) is 0 Å². The van der Waals surface area contributed by atoms with Crippen LogP contribution in [-0.4, -0.2) is 23.1 Å². The van der Waals surface area contributed by atoms with Crippen molar-refractivity contribution in [3.8, 4) is 0 Å². The summed E-state index contributed by atoms with van der Waals surface area (Å²) in [7, 11) is 0. The van der Waals surface area contributed by atoms with Crippen LogP contribution in [0.15, 0.2) is 11.6 Å². The molecule has 0 aromatic carbocycles. The van der Waals surface area contributed by atoms with Crippen molar-refractivity contribution in [1.29, 1.82) is 0 Å². The largest absolute Gasteiger partial charge is 1.00 e. The van der Waals surface area contributed by atoms with Gasteiger partial charge in [0.05, 0.1) is 0 Å². The van der Waals surface area contributed by atoms with Crippen molar-refractivity contribution in [2.45, 2.75) is 53.6 Å². The Morgan fingerprint density at radius 1 is 1.19 bits per heavy atom. The number of carbonyl (C=O) groups is 1. The number of allylic oxidation sites excluding steroid dienone is 1. The third-order valence-electron chi connectivity index (χ3n) is 1.89. The third kappa shape index (κ3) is 6.87. The zero-order valence-corrected chi connectivity index (χ0v) is 11.6. The minimum Gasteiger partial charge on any atom is -0.511 e. The van der Waals surface area contributed by atoms with Gasteiger partial charge >= 0.3 is 25.0 Å². The Morgan fingerprint density at radius 2 is 1.62 bits per heavy atom. The quantitative estimate of drug-likeness (QED) is 0.505. The van der Waals surface area contributed by atoms with Gasteiger partial charge in [0.1, 0.15) is 0 Å². The molecule has 0 atom stereocenters. The summed E-state index contributed by atoms with van der Waals surface area (Å²) < 4.78 is 5.02. The summed E-state index contributed by atoms with van der Waals surface area (Å²) in [5, 5.41) is 0. The van der Waals surface area contributed by atoms with Gasteiger partial charge in [0.15, 0.2) is 0 Å². The number of rotatable bonds is 4. The second-order valence-corrected chi connectivity index (χ2v) is 4.36. The van der Waals surface area contributed by atoms with Crippen LogP contribution in [-0.2, 0) is 4.74 Å². The van der Waals surface area contributed by atoms with Crippen molar-refractivity contribution < 1.29 is 28.4 Å². The Hall–Kier alpha value is -0.523. The molecule has 0 aromatic heterocycles. The summed E-state index contributed by atoms with van der Waals surface area (Å²) in [5.74, 6) is 0. The second kappa shape index (κ2) is 8.61. The van der Waals surface area contributed by atoms with Crippen molar-refractivity contribution in [2.24, 2.45) is 0 Å². The number of nitrogens with zero attached hydrogens (tertiary/aromatic N) is 1. The van der Waals surface area contributed by atoms with Crippen LogP contribution in [0.3, 0.4) is 0 Å². The van der Waals surface area contributed by atoms with Gasteiger partial charge in [0.25, 0.3) is 0 Å². The zero-order chi connectivity index (χ0) is 12.0. The standard InChI is InChI=1S/C12H22NO2.Li/c1-9(2)7-8-15-12(14)13(10(3)4)11(5)6;/h7-8,10-11H,1-6H3;/q-1;+1. The number of carbonyl (C=O) groups excluding carboxylic acids is 1. The molecule has 0 radical (unpaired) electrons. The summed E-state index contributed by atoms with van der Waals surface area (Å²) in [4.78, 5) is 13.4. The third-order valence-corrected chi connectivity index (χ3v) is 1.89. The molecule has 0 aliphatic heterocycles. The van der Waals surface area contributed by atoms with Crippen LogP contribution in [0.1, 0.15) is 41.5 Å². The number of hydrogen-bond acceptors (Lipinski definition) is 2. The Balaban J connectivity index is 0.